The summed E-state index contributed by atoms with van der Waals surface area (Å²) in [5, 5.41) is 10.0. The van der Waals surface area contributed by atoms with Gasteiger partial charge in [-0.25, -0.2) is 0 Å². The Balaban J connectivity index is 2.70. The summed E-state index contributed by atoms with van der Waals surface area (Å²) >= 11 is -0.212. The third kappa shape index (κ3) is 5.42. The Hall–Kier alpha value is -1.21. The topological polar surface area (TPSA) is 46.5 Å². The number of carbonyl (C=O) groups is 1. The van der Waals surface area contributed by atoms with Crippen molar-refractivity contribution in [2.75, 3.05) is 7.11 Å². The van der Waals surface area contributed by atoms with Crippen molar-refractivity contribution in [3.8, 4) is 0 Å². The number of aliphatic hydroxyl groups excluding tert-OH is 1. The maximum atomic E-state index is 12.2. The molecule has 0 heterocycles. The summed E-state index contributed by atoms with van der Waals surface area (Å²) in [5.41, 5.74) is -3.87. The number of methoxy groups -OCH3 is 1. The maximum absolute atomic E-state index is 12.2. The molecule has 0 bridgehead atoms. The highest BCUT2D eigenvalue weighted by atomic mass is 32.2. The minimum Gasteiger partial charge on any atom is -0.469 e. The summed E-state index contributed by atoms with van der Waals surface area (Å²) in [6, 6.07) is 5.43. The van der Waals surface area contributed by atoms with Gasteiger partial charge in [-0.05, 0) is 35.4 Å². The summed E-state index contributed by atoms with van der Waals surface area (Å²) in [7, 11) is 1.25. The van der Waals surface area contributed by atoms with Crippen LogP contribution in [0.1, 0.15) is 25.0 Å². The predicted octanol–water partition coefficient (Wildman–Crippen LogP) is 3.53. The summed E-state index contributed by atoms with van der Waals surface area (Å²) in [5.74, 6) is -0.829. The van der Waals surface area contributed by atoms with Crippen molar-refractivity contribution in [1.82, 2.24) is 0 Å². The third-order valence-electron chi connectivity index (χ3n) is 2.71. The quantitative estimate of drug-likeness (QED) is 0.668. The van der Waals surface area contributed by atoms with Gasteiger partial charge in [0.15, 0.2) is 0 Å². The second kappa shape index (κ2) is 6.99. The lowest BCUT2D eigenvalue weighted by Gasteiger charge is -2.18. The second-order valence-electron chi connectivity index (χ2n) is 4.32. The summed E-state index contributed by atoms with van der Waals surface area (Å²) < 4.78 is 41.0. The van der Waals surface area contributed by atoms with E-state index in [0.717, 1.165) is 0 Å². The highest BCUT2D eigenvalue weighted by Gasteiger charge is 2.29. The lowest BCUT2D eigenvalue weighted by Crippen LogP contribution is -2.14. The first-order valence-electron chi connectivity index (χ1n) is 5.83. The standard InChI is InChI=1S/C13H15F3O3S/c1-8(7-11(17)19-2)12(18)9-3-5-10(6-4-9)20-13(14,15)16/h3-6,8,12,18H,7H2,1-2H3. The zero-order valence-electron chi connectivity index (χ0n) is 11.0. The molecule has 1 rings (SSSR count). The molecule has 0 aliphatic heterocycles. The van der Waals surface area contributed by atoms with Crippen LogP contribution in [0.5, 0.6) is 0 Å². The van der Waals surface area contributed by atoms with Crippen LogP contribution in [0.4, 0.5) is 13.2 Å². The van der Waals surface area contributed by atoms with Crippen molar-refractivity contribution in [2.24, 2.45) is 5.92 Å². The fourth-order valence-corrected chi connectivity index (χ4v) is 2.19. The van der Waals surface area contributed by atoms with E-state index in [1.807, 2.05) is 0 Å². The number of hydrogen-bond donors (Lipinski definition) is 1. The van der Waals surface area contributed by atoms with Gasteiger partial charge in [0.1, 0.15) is 0 Å². The van der Waals surface area contributed by atoms with E-state index in [-0.39, 0.29) is 29.0 Å². The van der Waals surface area contributed by atoms with Crippen LogP contribution in [0.3, 0.4) is 0 Å². The zero-order chi connectivity index (χ0) is 15.3. The highest BCUT2D eigenvalue weighted by molar-refractivity contribution is 8.00. The van der Waals surface area contributed by atoms with Crippen molar-refractivity contribution in [3.63, 3.8) is 0 Å². The third-order valence-corrected chi connectivity index (χ3v) is 3.45. The largest absolute Gasteiger partial charge is 0.469 e. The van der Waals surface area contributed by atoms with Gasteiger partial charge in [-0.2, -0.15) is 13.2 Å². The molecule has 0 fully saturated rings. The highest BCUT2D eigenvalue weighted by Crippen LogP contribution is 2.37. The molecule has 0 radical (unpaired) electrons. The Labute approximate surface area is 119 Å². The monoisotopic (exact) mass is 308 g/mol. The number of rotatable bonds is 5. The molecule has 112 valence electrons. The SMILES string of the molecule is COC(=O)CC(C)C(O)c1ccc(SC(F)(F)F)cc1. The molecule has 1 aromatic carbocycles. The van der Waals surface area contributed by atoms with Crippen LogP contribution >= 0.6 is 11.8 Å². The smallest absolute Gasteiger partial charge is 0.446 e. The number of thioether (sulfide) groups is 1. The van der Waals surface area contributed by atoms with Crippen LogP contribution < -0.4 is 0 Å². The molecule has 1 N–H and O–H groups in total. The van der Waals surface area contributed by atoms with Crippen LogP contribution in [0.2, 0.25) is 0 Å². The summed E-state index contributed by atoms with van der Waals surface area (Å²) in [6.45, 7) is 1.67. The number of aliphatic hydroxyl groups is 1. The van der Waals surface area contributed by atoms with Crippen molar-refractivity contribution in [3.05, 3.63) is 29.8 Å². The zero-order valence-corrected chi connectivity index (χ0v) is 11.8. The number of hydrogen-bond acceptors (Lipinski definition) is 4. The Morgan fingerprint density at radius 2 is 1.90 bits per heavy atom. The van der Waals surface area contributed by atoms with Crippen LogP contribution in [-0.4, -0.2) is 23.7 Å². The van der Waals surface area contributed by atoms with Gasteiger partial charge in [-0.15, -0.1) is 0 Å². The minimum absolute atomic E-state index is 0.0384. The predicted molar refractivity (Wildman–Crippen MR) is 69.1 cm³/mol. The van der Waals surface area contributed by atoms with Crippen molar-refractivity contribution < 1.29 is 27.8 Å². The number of benzene rings is 1. The van der Waals surface area contributed by atoms with Crippen LogP contribution in [0.15, 0.2) is 29.2 Å². The molecule has 20 heavy (non-hydrogen) atoms. The van der Waals surface area contributed by atoms with Gasteiger partial charge in [0, 0.05) is 4.90 Å². The van der Waals surface area contributed by atoms with Crippen molar-refractivity contribution >= 4 is 17.7 Å². The molecular weight excluding hydrogens is 293 g/mol. The molecule has 0 spiro atoms. The molecule has 0 aliphatic carbocycles. The Kier molecular flexibility index (Phi) is 5.88. The number of alkyl halides is 3. The second-order valence-corrected chi connectivity index (χ2v) is 5.46. The molecule has 0 amide bonds. The van der Waals surface area contributed by atoms with E-state index in [9.17, 15) is 23.1 Å². The van der Waals surface area contributed by atoms with E-state index in [1.54, 1.807) is 6.92 Å². The van der Waals surface area contributed by atoms with Gasteiger partial charge in [0.2, 0.25) is 0 Å². The van der Waals surface area contributed by atoms with Crippen LogP contribution in [0.25, 0.3) is 0 Å². The number of ether oxygens (including phenoxy) is 1. The fourth-order valence-electron chi connectivity index (χ4n) is 1.65. The molecule has 1 aromatic rings. The fraction of sp³-hybridized carbons (Fsp3) is 0.462. The van der Waals surface area contributed by atoms with E-state index in [1.165, 1.54) is 31.4 Å². The van der Waals surface area contributed by atoms with Gasteiger partial charge >= 0.3 is 11.5 Å². The normalized spacial score (nSPS) is 14.7. The maximum Gasteiger partial charge on any atom is 0.446 e. The summed E-state index contributed by atoms with van der Waals surface area (Å²) in [4.78, 5) is 11.2. The molecule has 7 heteroatoms. The number of esters is 1. The van der Waals surface area contributed by atoms with Crippen LogP contribution in [-0.2, 0) is 9.53 Å². The lowest BCUT2D eigenvalue weighted by atomic mass is 9.95. The minimum atomic E-state index is -4.34. The molecule has 0 saturated heterocycles. The van der Waals surface area contributed by atoms with E-state index < -0.39 is 17.6 Å². The van der Waals surface area contributed by atoms with Crippen molar-refractivity contribution in [1.29, 1.82) is 0 Å². The Bertz CT molecular complexity index is 445. The first kappa shape index (κ1) is 16.8. The van der Waals surface area contributed by atoms with Gasteiger partial charge in [-0.1, -0.05) is 19.1 Å². The van der Waals surface area contributed by atoms with Gasteiger partial charge < -0.3 is 9.84 Å². The van der Waals surface area contributed by atoms with Gasteiger partial charge in [-0.3, -0.25) is 4.79 Å². The molecule has 3 nitrogen and oxygen atoms in total. The van der Waals surface area contributed by atoms with Gasteiger partial charge in [0.25, 0.3) is 0 Å². The number of halogens is 3. The Morgan fingerprint density at radius 1 is 1.35 bits per heavy atom. The van der Waals surface area contributed by atoms with E-state index in [2.05, 4.69) is 4.74 Å². The molecule has 0 saturated carbocycles. The first-order valence-corrected chi connectivity index (χ1v) is 6.65. The average molecular weight is 308 g/mol. The van der Waals surface area contributed by atoms with Crippen molar-refractivity contribution in [2.45, 2.75) is 29.9 Å². The Morgan fingerprint density at radius 3 is 2.35 bits per heavy atom. The molecule has 0 aliphatic rings. The van der Waals surface area contributed by atoms with E-state index in [4.69, 9.17) is 0 Å². The first-order chi connectivity index (χ1) is 9.23. The van der Waals surface area contributed by atoms with Gasteiger partial charge in [0.05, 0.1) is 19.6 Å². The molecule has 2 unspecified atom stereocenters. The van der Waals surface area contributed by atoms with E-state index >= 15 is 0 Å². The molecule has 2 atom stereocenters. The molecular formula is C13H15F3O3S. The van der Waals surface area contributed by atoms with Crippen LogP contribution in [0, 0.1) is 5.92 Å². The van der Waals surface area contributed by atoms with E-state index in [0.29, 0.717) is 5.56 Å². The summed E-state index contributed by atoms with van der Waals surface area (Å²) in [6.07, 6.45) is -0.893. The molecule has 0 aromatic heterocycles. The average Bonchev–Trinajstić information content (AvgIpc) is 2.36. The number of carbonyl (C=O) groups excluding carboxylic acids is 1. The lowest BCUT2D eigenvalue weighted by molar-refractivity contribution is -0.142.